The third-order valence-corrected chi connectivity index (χ3v) is 0.659. The normalized spacial score (nSPS) is 14.5. The fourth-order valence-corrected chi connectivity index (χ4v) is 0.129. The van der Waals surface area contributed by atoms with E-state index in [1.165, 1.54) is 0 Å². The van der Waals surface area contributed by atoms with Crippen LogP contribution in [0.4, 0.5) is 0 Å². The number of aliphatic hydroxyl groups excluding tert-OH is 1. The first-order valence-corrected chi connectivity index (χ1v) is 2.08. The minimum Gasteiger partial charge on any atom is -0.394 e. The monoisotopic (exact) mass is 89.1 g/mol. The van der Waals surface area contributed by atoms with Gasteiger partial charge in [0.15, 0.2) is 0 Å². The molecule has 1 atom stereocenters. The zero-order chi connectivity index (χ0) is 4.99. The average Bonchev–Trinajstić information content (AvgIpc) is 1.65. The Kier molecular flexibility index (Phi) is 3.08. The standard InChI is InChI=1S/C4H9O2/c1-2-4(6)3-5/h4-5H,2-3H2,1H3. The first kappa shape index (κ1) is 5.92. The van der Waals surface area contributed by atoms with Gasteiger partial charge in [0.05, 0.1) is 6.61 Å². The molecule has 1 radical (unpaired) electrons. The molecule has 0 aliphatic carbocycles. The molecule has 1 N–H and O–H groups in total. The van der Waals surface area contributed by atoms with Crippen LogP contribution in [0.2, 0.25) is 0 Å². The highest BCUT2D eigenvalue weighted by molar-refractivity contribution is 4.43. The fourth-order valence-electron chi connectivity index (χ4n) is 0.129. The minimum absolute atomic E-state index is 0.226. The van der Waals surface area contributed by atoms with Gasteiger partial charge in [0.1, 0.15) is 6.10 Å². The summed E-state index contributed by atoms with van der Waals surface area (Å²) in [6.45, 7) is 1.53. The van der Waals surface area contributed by atoms with Crippen LogP contribution in [0.15, 0.2) is 0 Å². The lowest BCUT2D eigenvalue weighted by atomic mass is 10.3. The van der Waals surface area contributed by atoms with Crippen molar-refractivity contribution in [1.82, 2.24) is 0 Å². The van der Waals surface area contributed by atoms with E-state index in [1.54, 1.807) is 6.92 Å². The number of hydrogen-bond acceptors (Lipinski definition) is 1. The van der Waals surface area contributed by atoms with E-state index < -0.39 is 6.10 Å². The van der Waals surface area contributed by atoms with E-state index in [-0.39, 0.29) is 6.61 Å². The third-order valence-electron chi connectivity index (χ3n) is 0.659. The first-order valence-electron chi connectivity index (χ1n) is 2.08. The number of rotatable bonds is 2. The van der Waals surface area contributed by atoms with Crippen molar-refractivity contribution in [3.05, 3.63) is 0 Å². The molecule has 6 heavy (non-hydrogen) atoms. The van der Waals surface area contributed by atoms with E-state index in [0.717, 1.165) is 0 Å². The molecule has 0 aromatic rings. The van der Waals surface area contributed by atoms with Crippen LogP contribution in [-0.2, 0) is 5.11 Å². The van der Waals surface area contributed by atoms with E-state index in [2.05, 4.69) is 0 Å². The molecule has 0 saturated heterocycles. The van der Waals surface area contributed by atoms with Crippen molar-refractivity contribution in [2.24, 2.45) is 0 Å². The Labute approximate surface area is 37.4 Å². The molecule has 0 aromatic carbocycles. The van der Waals surface area contributed by atoms with Gasteiger partial charge in [-0.3, -0.25) is 0 Å². The quantitative estimate of drug-likeness (QED) is 0.515. The summed E-state index contributed by atoms with van der Waals surface area (Å²) in [6, 6.07) is 0. The van der Waals surface area contributed by atoms with Crippen molar-refractivity contribution in [2.75, 3.05) is 6.61 Å². The first-order chi connectivity index (χ1) is 2.81. The summed E-state index contributed by atoms with van der Waals surface area (Å²) in [5.41, 5.74) is 0. The maximum atomic E-state index is 10.0. The summed E-state index contributed by atoms with van der Waals surface area (Å²) >= 11 is 0. The van der Waals surface area contributed by atoms with Gasteiger partial charge >= 0.3 is 0 Å². The van der Waals surface area contributed by atoms with E-state index in [1.807, 2.05) is 0 Å². The van der Waals surface area contributed by atoms with E-state index >= 15 is 0 Å². The summed E-state index contributed by atoms with van der Waals surface area (Å²) in [7, 11) is 0. The molecule has 1 unspecified atom stereocenters. The van der Waals surface area contributed by atoms with Crippen LogP contribution in [0, 0.1) is 0 Å². The predicted octanol–water partition coefficient (Wildman–Crippen LogP) is 0.188. The molecule has 0 aliphatic heterocycles. The second kappa shape index (κ2) is 3.12. The SMILES string of the molecule is CCC([O])CO. The van der Waals surface area contributed by atoms with Crippen LogP contribution in [0.5, 0.6) is 0 Å². The molecule has 0 heterocycles. The molecular weight excluding hydrogens is 80.0 g/mol. The Morgan fingerprint density at radius 2 is 2.33 bits per heavy atom. The van der Waals surface area contributed by atoms with Gasteiger partial charge in [-0.05, 0) is 6.42 Å². The zero-order valence-electron chi connectivity index (χ0n) is 3.85. The summed E-state index contributed by atoms with van der Waals surface area (Å²) in [5.74, 6) is 0. The number of hydrogen-bond donors (Lipinski definition) is 1. The molecule has 0 amide bonds. The summed E-state index contributed by atoms with van der Waals surface area (Å²) in [5, 5.41) is 18.0. The van der Waals surface area contributed by atoms with Crippen molar-refractivity contribution in [2.45, 2.75) is 19.4 Å². The molecule has 0 fully saturated rings. The van der Waals surface area contributed by atoms with Crippen molar-refractivity contribution in [3.63, 3.8) is 0 Å². The molecule has 2 nitrogen and oxygen atoms in total. The molecule has 0 spiro atoms. The predicted molar refractivity (Wildman–Crippen MR) is 21.9 cm³/mol. The lowest BCUT2D eigenvalue weighted by molar-refractivity contribution is 0.0328. The van der Waals surface area contributed by atoms with Gasteiger partial charge in [-0.15, -0.1) is 0 Å². The maximum absolute atomic E-state index is 10.0. The van der Waals surface area contributed by atoms with Gasteiger partial charge in [-0.25, -0.2) is 5.11 Å². The number of aliphatic hydroxyl groups is 1. The van der Waals surface area contributed by atoms with Crippen LogP contribution >= 0.6 is 0 Å². The molecule has 0 aromatic heterocycles. The van der Waals surface area contributed by atoms with Crippen molar-refractivity contribution >= 4 is 0 Å². The topological polar surface area (TPSA) is 40.1 Å². The lowest BCUT2D eigenvalue weighted by Crippen LogP contribution is -2.06. The minimum atomic E-state index is -0.759. The van der Waals surface area contributed by atoms with Gasteiger partial charge in [0.2, 0.25) is 0 Å². The van der Waals surface area contributed by atoms with Gasteiger partial charge in [0, 0.05) is 0 Å². The van der Waals surface area contributed by atoms with Crippen molar-refractivity contribution in [1.29, 1.82) is 0 Å². The third kappa shape index (κ3) is 2.18. The Balaban J connectivity index is 2.75. The van der Waals surface area contributed by atoms with Crippen molar-refractivity contribution in [3.8, 4) is 0 Å². The molecule has 2 heteroatoms. The lowest BCUT2D eigenvalue weighted by Gasteiger charge is -1.93. The van der Waals surface area contributed by atoms with E-state index in [4.69, 9.17) is 5.11 Å². The van der Waals surface area contributed by atoms with Crippen LogP contribution in [0.25, 0.3) is 0 Å². The maximum Gasteiger partial charge on any atom is 0.116 e. The molecular formula is C4H9O2. The van der Waals surface area contributed by atoms with Crippen LogP contribution < -0.4 is 0 Å². The van der Waals surface area contributed by atoms with E-state index in [0.29, 0.717) is 6.42 Å². The second-order valence-electron chi connectivity index (χ2n) is 1.21. The highest BCUT2D eigenvalue weighted by atomic mass is 16.3. The van der Waals surface area contributed by atoms with Gasteiger partial charge in [-0.2, -0.15) is 0 Å². The largest absolute Gasteiger partial charge is 0.394 e. The molecule has 0 bridgehead atoms. The van der Waals surface area contributed by atoms with Crippen LogP contribution in [0.3, 0.4) is 0 Å². The summed E-state index contributed by atoms with van der Waals surface area (Å²) in [4.78, 5) is 0. The van der Waals surface area contributed by atoms with Gasteiger partial charge in [-0.1, -0.05) is 6.92 Å². The molecule has 37 valence electrons. The molecule has 0 saturated carbocycles. The average molecular weight is 89.1 g/mol. The van der Waals surface area contributed by atoms with Gasteiger partial charge < -0.3 is 5.11 Å². The van der Waals surface area contributed by atoms with Crippen LogP contribution in [-0.4, -0.2) is 17.8 Å². The zero-order valence-corrected chi connectivity index (χ0v) is 3.85. The van der Waals surface area contributed by atoms with Crippen molar-refractivity contribution < 1.29 is 10.2 Å². The summed E-state index contributed by atoms with van der Waals surface area (Å²) < 4.78 is 0. The fraction of sp³-hybridized carbons (Fsp3) is 1.00. The smallest absolute Gasteiger partial charge is 0.116 e. The molecule has 0 rings (SSSR count). The second-order valence-corrected chi connectivity index (χ2v) is 1.21. The Bertz CT molecular complexity index is 24.7. The van der Waals surface area contributed by atoms with Gasteiger partial charge in [0.25, 0.3) is 0 Å². The highest BCUT2D eigenvalue weighted by Crippen LogP contribution is 1.84. The summed E-state index contributed by atoms with van der Waals surface area (Å²) in [6.07, 6.45) is -0.235. The highest BCUT2D eigenvalue weighted by Gasteiger charge is 1.95. The van der Waals surface area contributed by atoms with Crippen LogP contribution in [0.1, 0.15) is 13.3 Å². The Hall–Kier alpha value is -0.0800. The Morgan fingerprint density at radius 1 is 1.83 bits per heavy atom. The molecule has 0 aliphatic rings. The Morgan fingerprint density at radius 3 is 2.33 bits per heavy atom. The van der Waals surface area contributed by atoms with E-state index in [9.17, 15) is 5.11 Å².